The lowest BCUT2D eigenvalue weighted by Gasteiger charge is -2.14. The van der Waals surface area contributed by atoms with E-state index in [1.54, 1.807) is 6.07 Å². The number of benzene rings is 5. The smallest absolute Gasteiger partial charge is 0.131 e. The fraction of sp³-hybridized carbons (Fsp3) is 0. The first-order valence-electron chi connectivity index (χ1n) is 10.7. The van der Waals surface area contributed by atoms with E-state index in [1.807, 2.05) is 36.4 Å². The van der Waals surface area contributed by atoms with E-state index < -0.39 is 0 Å². The molecule has 0 aliphatic carbocycles. The minimum atomic E-state index is -0.207. The maximum absolute atomic E-state index is 14.8. The van der Waals surface area contributed by atoms with E-state index in [0.717, 1.165) is 38.6 Å². The van der Waals surface area contributed by atoms with Crippen molar-refractivity contribution in [2.45, 2.75) is 0 Å². The summed E-state index contributed by atoms with van der Waals surface area (Å²) in [7, 11) is 0. The Kier molecular flexibility index (Phi) is 4.36. The van der Waals surface area contributed by atoms with Gasteiger partial charge in [-0.2, -0.15) is 0 Å². The summed E-state index contributed by atoms with van der Waals surface area (Å²) < 4.78 is 17.1. The third-order valence-corrected chi connectivity index (χ3v) is 6.09. The van der Waals surface area contributed by atoms with E-state index in [2.05, 4.69) is 77.4 Å². The summed E-state index contributed by atoms with van der Waals surface area (Å²) in [5.74, 6) is -0.207. The highest BCUT2D eigenvalue weighted by atomic mass is 19.1. The predicted octanol–water partition coefficient (Wildman–Crippen LogP) is 8.26. The van der Waals surface area contributed by atoms with Crippen LogP contribution < -0.4 is 0 Å². The van der Waals surface area contributed by atoms with Gasteiger partial charge in [0, 0.05) is 21.9 Å². The fourth-order valence-electron chi connectivity index (χ4n) is 4.71. The van der Waals surface area contributed by atoms with Crippen molar-refractivity contribution >= 4 is 21.8 Å². The highest BCUT2D eigenvalue weighted by Crippen LogP contribution is 2.40. The van der Waals surface area contributed by atoms with Gasteiger partial charge >= 0.3 is 0 Å². The van der Waals surface area contributed by atoms with Gasteiger partial charge in [0.25, 0.3) is 0 Å². The van der Waals surface area contributed by atoms with E-state index in [-0.39, 0.29) is 5.82 Å². The number of halogens is 1. The molecule has 6 aromatic rings. The van der Waals surface area contributed by atoms with Gasteiger partial charge in [0.15, 0.2) is 0 Å². The molecule has 6 rings (SSSR count). The number of hydrogen-bond acceptors (Lipinski definition) is 0. The van der Waals surface area contributed by atoms with Crippen molar-refractivity contribution in [1.29, 1.82) is 0 Å². The lowest BCUT2D eigenvalue weighted by Crippen LogP contribution is -1.97. The summed E-state index contributed by atoms with van der Waals surface area (Å²) in [5.41, 5.74) is 7.14. The first-order valence-corrected chi connectivity index (χ1v) is 10.7. The zero-order valence-corrected chi connectivity index (χ0v) is 17.4. The van der Waals surface area contributed by atoms with Crippen LogP contribution in [-0.2, 0) is 0 Å². The van der Waals surface area contributed by atoms with Crippen LogP contribution in [0.15, 0.2) is 121 Å². The van der Waals surface area contributed by atoms with Crippen molar-refractivity contribution in [2.24, 2.45) is 0 Å². The van der Waals surface area contributed by atoms with Gasteiger partial charge in [-0.1, -0.05) is 97.1 Å². The summed E-state index contributed by atoms with van der Waals surface area (Å²) in [6.07, 6.45) is 0. The second-order valence-electron chi connectivity index (χ2n) is 7.92. The summed E-state index contributed by atoms with van der Waals surface area (Å²) in [6.45, 7) is 0. The fourth-order valence-corrected chi connectivity index (χ4v) is 4.71. The zero-order valence-electron chi connectivity index (χ0n) is 17.4. The summed E-state index contributed by atoms with van der Waals surface area (Å²) >= 11 is 0. The lowest BCUT2D eigenvalue weighted by molar-refractivity contribution is 0.631. The van der Waals surface area contributed by atoms with Crippen LogP contribution in [0.3, 0.4) is 0 Å². The zero-order chi connectivity index (χ0) is 21.5. The second kappa shape index (κ2) is 7.51. The number of para-hydroxylation sites is 2. The summed E-state index contributed by atoms with van der Waals surface area (Å²) in [4.78, 5) is 0. The molecule has 152 valence electrons. The molecule has 0 radical (unpaired) electrons. The number of fused-ring (bicyclic) bond motifs is 3. The average molecular weight is 413 g/mol. The Morgan fingerprint density at radius 3 is 1.94 bits per heavy atom. The van der Waals surface area contributed by atoms with Crippen LogP contribution in [0.1, 0.15) is 0 Å². The lowest BCUT2D eigenvalue weighted by atomic mass is 9.99. The Balaban J connectivity index is 1.74. The largest absolute Gasteiger partial charge is 0.309 e. The highest BCUT2D eigenvalue weighted by Gasteiger charge is 2.18. The van der Waals surface area contributed by atoms with Gasteiger partial charge in [-0.25, -0.2) is 4.39 Å². The molecule has 5 aromatic carbocycles. The molecule has 0 bridgehead atoms. The third-order valence-electron chi connectivity index (χ3n) is 6.09. The number of hydrogen-bond donors (Lipinski definition) is 0. The monoisotopic (exact) mass is 413 g/mol. The molecular formula is C30H20FN. The SMILES string of the molecule is Fc1ccccc1-c1cccc2c1c1ccccc1n2-c1ccccc1-c1ccccc1. The van der Waals surface area contributed by atoms with Gasteiger partial charge in [-0.15, -0.1) is 0 Å². The van der Waals surface area contributed by atoms with Crippen LogP contribution in [0.4, 0.5) is 4.39 Å². The molecule has 0 fully saturated rings. The van der Waals surface area contributed by atoms with Crippen LogP contribution in [0.2, 0.25) is 0 Å². The number of rotatable bonds is 3. The Labute approximate surface area is 186 Å². The predicted molar refractivity (Wildman–Crippen MR) is 132 cm³/mol. The van der Waals surface area contributed by atoms with Gasteiger partial charge in [0.2, 0.25) is 0 Å². The minimum Gasteiger partial charge on any atom is -0.309 e. The van der Waals surface area contributed by atoms with E-state index in [4.69, 9.17) is 0 Å². The van der Waals surface area contributed by atoms with Crippen molar-refractivity contribution in [1.82, 2.24) is 4.57 Å². The van der Waals surface area contributed by atoms with Gasteiger partial charge in [-0.05, 0) is 35.4 Å². The van der Waals surface area contributed by atoms with Gasteiger partial charge in [0.05, 0.1) is 16.7 Å². The summed E-state index contributed by atoms with van der Waals surface area (Å²) in [5, 5.41) is 2.18. The van der Waals surface area contributed by atoms with E-state index in [0.29, 0.717) is 5.56 Å². The van der Waals surface area contributed by atoms with E-state index in [1.165, 1.54) is 11.6 Å². The molecule has 0 N–H and O–H groups in total. The van der Waals surface area contributed by atoms with Crippen molar-refractivity contribution in [3.63, 3.8) is 0 Å². The Bertz CT molecular complexity index is 1580. The number of nitrogens with zero attached hydrogens (tertiary/aromatic N) is 1. The van der Waals surface area contributed by atoms with Crippen molar-refractivity contribution in [3.05, 3.63) is 127 Å². The molecule has 0 aliphatic rings. The van der Waals surface area contributed by atoms with Crippen LogP contribution >= 0.6 is 0 Å². The maximum Gasteiger partial charge on any atom is 0.131 e. The molecule has 0 amide bonds. The molecule has 0 atom stereocenters. The molecule has 0 spiro atoms. The highest BCUT2D eigenvalue weighted by molar-refractivity contribution is 6.16. The van der Waals surface area contributed by atoms with Crippen molar-refractivity contribution in [2.75, 3.05) is 0 Å². The molecule has 0 saturated heterocycles. The Morgan fingerprint density at radius 1 is 0.469 bits per heavy atom. The number of aromatic nitrogens is 1. The van der Waals surface area contributed by atoms with Crippen LogP contribution in [0.25, 0.3) is 49.7 Å². The average Bonchev–Trinajstić information content (AvgIpc) is 3.19. The Morgan fingerprint density at radius 2 is 1.09 bits per heavy atom. The molecule has 1 heterocycles. The van der Waals surface area contributed by atoms with Crippen molar-refractivity contribution in [3.8, 4) is 27.9 Å². The normalized spacial score (nSPS) is 11.3. The van der Waals surface area contributed by atoms with Crippen LogP contribution in [-0.4, -0.2) is 4.57 Å². The first kappa shape index (κ1) is 18.6. The molecule has 32 heavy (non-hydrogen) atoms. The van der Waals surface area contributed by atoms with Crippen LogP contribution in [0.5, 0.6) is 0 Å². The standard InChI is InChI=1S/C30H20FN/c31-26-17-7-4-14-23(26)24-16-10-20-29-30(24)25-15-6-9-19-28(25)32(29)27-18-8-5-13-22(27)21-11-2-1-3-12-21/h1-20H. The Hall–Kier alpha value is -4.17. The van der Waals surface area contributed by atoms with E-state index in [9.17, 15) is 4.39 Å². The van der Waals surface area contributed by atoms with Crippen LogP contribution in [0, 0.1) is 5.82 Å². The molecule has 1 aromatic heterocycles. The van der Waals surface area contributed by atoms with Gasteiger partial charge in [0.1, 0.15) is 5.82 Å². The van der Waals surface area contributed by atoms with E-state index >= 15 is 0 Å². The minimum absolute atomic E-state index is 0.207. The maximum atomic E-state index is 14.8. The first-order chi connectivity index (χ1) is 15.8. The van der Waals surface area contributed by atoms with Gasteiger partial charge < -0.3 is 4.57 Å². The molecule has 0 aliphatic heterocycles. The second-order valence-corrected chi connectivity index (χ2v) is 7.92. The molecule has 2 heteroatoms. The molecule has 0 unspecified atom stereocenters. The topological polar surface area (TPSA) is 4.93 Å². The molecule has 1 nitrogen and oxygen atoms in total. The third kappa shape index (κ3) is 2.84. The molecule has 0 saturated carbocycles. The molecular weight excluding hydrogens is 393 g/mol. The quantitative estimate of drug-likeness (QED) is 0.275. The van der Waals surface area contributed by atoms with Gasteiger partial charge in [-0.3, -0.25) is 0 Å². The van der Waals surface area contributed by atoms with Crippen molar-refractivity contribution < 1.29 is 4.39 Å². The summed E-state index contributed by atoms with van der Waals surface area (Å²) in [6, 6.07) is 40.4.